The molecule has 1 unspecified atom stereocenters. The van der Waals surface area contributed by atoms with Crippen LogP contribution in [-0.2, 0) is 6.54 Å². The van der Waals surface area contributed by atoms with E-state index in [0.29, 0.717) is 6.54 Å². The molecule has 0 spiro atoms. The zero-order chi connectivity index (χ0) is 17.4. The maximum Gasteiger partial charge on any atom is 0.258 e. The van der Waals surface area contributed by atoms with Crippen molar-refractivity contribution < 1.29 is 9.53 Å². The second-order valence-corrected chi connectivity index (χ2v) is 7.08. The van der Waals surface area contributed by atoms with E-state index in [1.807, 2.05) is 42.5 Å². The summed E-state index contributed by atoms with van der Waals surface area (Å²) in [6.45, 7) is 3.83. The number of hydrogen-bond acceptors (Lipinski definition) is 3. The molecule has 1 atom stereocenters. The standard InChI is InChI=1S/C21H24N2O2/c1-21-13-5-6-14-22(21)19-8-4-3-7-18(19)20(24)23(21)15-16-9-11-17(25-2)12-10-16/h3-4,7-12H,5-6,13-15H2,1-2H3. The SMILES string of the molecule is COc1ccc(CN2C(=O)c3ccccc3N3CCCCC23C)cc1. The number of benzene rings is 2. The number of hydrogen-bond donors (Lipinski definition) is 0. The van der Waals surface area contributed by atoms with Crippen molar-refractivity contribution in [2.45, 2.75) is 38.4 Å². The Morgan fingerprint density at radius 2 is 1.84 bits per heavy atom. The van der Waals surface area contributed by atoms with Crippen LogP contribution in [0.25, 0.3) is 0 Å². The van der Waals surface area contributed by atoms with Gasteiger partial charge in [-0.15, -0.1) is 0 Å². The van der Waals surface area contributed by atoms with Crippen molar-refractivity contribution in [2.75, 3.05) is 18.6 Å². The van der Waals surface area contributed by atoms with Gasteiger partial charge >= 0.3 is 0 Å². The van der Waals surface area contributed by atoms with Gasteiger partial charge in [0, 0.05) is 13.1 Å². The molecule has 4 heteroatoms. The molecule has 2 aliphatic heterocycles. The molecule has 0 saturated carbocycles. The fraction of sp³-hybridized carbons (Fsp3) is 0.381. The molecule has 2 aliphatic rings. The number of para-hydroxylation sites is 1. The maximum atomic E-state index is 13.3. The summed E-state index contributed by atoms with van der Waals surface area (Å²) in [5.74, 6) is 0.969. The normalized spacial score (nSPS) is 22.4. The number of fused-ring (bicyclic) bond motifs is 3. The second kappa shape index (κ2) is 6.10. The molecule has 1 amide bonds. The van der Waals surface area contributed by atoms with Gasteiger partial charge < -0.3 is 14.5 Å². The average Bonchev–Trinajstić information content (AvgIpc) is 2.66. The lowest BCUT2D eigenvalue weighted by molar-refractivity contribution is 0.0353. The third-order valence-electron chi connectivity index (χ3n) is 5.62. The largest absolute Gasteiger partial charge is 0.497 e. The molecule has 0 N–H and O–H groups in total. The van der Waals surface area contributed by atoms with Crippen molar-refractivity contribution in [3.05, 3.63) is 59.7 Å². The van der Waals surface area contributed by atoms with Crippen LogP contribution in [0.3, 0.4) is 0 Å². The van der Waals surface area contributed by atoms with Gasteiger partial charge in [0.05, 0.1) is 18.4 Å². The van der Waals surface area contributed by atoms with E-state index < -0.39 is 0 Å². The Morgan fingerprint density at radius 3 is 2.60 bits per heavy atom. The number of anilines is 1. The third kappa shape index (κ3) is 2.56. The predicted molar refractivity (Wildman–Crippen MR) is 98.9 cm³/mol. The van der Waals surface area contributed by atoms with Crippen molar-refractivity contribution >= 4 is 11.6 Å². The first-order valence-electron chi connectivity index (χ1n) is 8.95. The Morgan fingerprint density at radius 1 is 1.08 bits per heavy atom. The van der Waals surface area contributed by atoms with Crippen molar-refractivity contribution in [2.24, 2.45) is 0 Å². The Bertz CT molecular complexity index is 787. The molecule has 2 aromatic rings. The molecular weight excluding hydrogens is 312 g/mol. The summed E-state index contributed by atoms with van der Waals surface area (Å²) in [7, 11) is 1.67. The lowest BCUT2D eigenvalue weighted by Crippen LogP contribution is -2.65. The number of methoxy groups -OCH3 is 1. The highest BCUT2D eigenvalue weighted by Crippen LogP contribution is 2.42. The van der Waals surface area contributed by atoms with Crippen molar-refractivity contribution in [1.82, 2.24) is 4.90 Å². The highest BCUT2D eigenvalue weighted by molar-refractivity contribution is 6.02. The Hall–Kier alpha value is -2.49. The summed E-state index contributed by atoms with van der Waals surface area (Å²) in [6, 6.07) is 16.0. The smallest absolute Gasteiger partial charge is 0.258 e. The van der Waals surface area contributed by atoms with E-state index in [-0.39, 0.29) is 11.6 Å². The fourth-order valence-corrected chi connectivity index (χ4v) is 4.18. The fourth-order valence-electron chi connectivity index (χ4n) is 4.18. The molecule has 4 rings (SSSR count). The van der Waals surface area contributed by atoms with E-state index in [9.17, 15) is 4.79 Å². The van der Waals surface area contributed by atoms with Crippen molar-refractivity contribution in [3.63, 3.8) is 0 Å². The number of rotatable bonds is 3. The molecule has 25 heavy (non-hydrogen) atoms. The van der Waals surface area contributed by atoms with E-state index in [2.05, 4.69) is 22.8 Å². The van der Waals surface area contributed by atoms with Gasteiger partial charge in [0.15, 0.2) is 0 Å². The minimum absolute atomic E-state index is 0.132. The lowest BCUT2D eigenvalue weighted by atomic mass is 9.89. The first kappa shape index (κ1) is 16.0. The van der Waals surface area contributed by atoms with Crippen LogP contribution in [0.15, 0.2) is 48.5 Å². The molecular formula is C21H24N2O2. The predicted octanol–water partition coefficient (Wildman–Crippen LogP) is 4.06. The molecule has 0 bridgehead atoms. The van der Waals surface area contributed by atoms with Crippen LogP contribution in [0.5, 0.6) is 5.75 Å². The number of amides is 1. The Kier molecular flexibility index (Phi) is 3.91. The first-order chi connectivity index (χ1) is 12.1. The van der Waals surface area contributed by atoms with Gasteiger partial charge in [-0.1, -0.05) is 24.3 Å². The van der Waals surface area contributed by atoms with E-state index in [1.165, 1.54) is 6.42 Å². The van der Waals surface area contributed by atoms with Crippen LogP contribution < -0.4 is 9.64 Å². The quantitative estimate of drug-likeness (QED) is 0.847. The van der Waals surface area contributed by atoms with Gasteiger partial charge in [-0.2, -0.15) is 0 Å². The van der Waals surface area contributed by atoms with Gasteiger partial charge in [-0.3, -0.25) is 4.79 Å². The number of piperidine rings is 1. The van der Waals surface area contributed by atoms with E-state index in [4.69, 9.17) is 4.74 Å². The lowest BCUT2D eigenvalue weighted by Gasteiger charge is -2.56. The molecule has 130 valence electrons. The molecule has 0 aromatic heterocycles. The second-order valence-electron chi connectivity index (χ2n) is 7.08. The topological polar surface area (TPSA) is 32.8 Å². The summed E-state index contributed by atoms with van der Waals surface area (Å²) in [5, 5.41) is 0. The summed E-state index contributed by atoms with van der Waals surface area (Å²) < 4.78 is 5.24. The number of ether oxygens (including phenoxy) is 1. The zero-order valence-corrected chi connectivity index (χ0v) is 14.9. The molecule has 4 nitrogen and oxygen atoms in total. The first-order valence-corrected chi connectivity index (χ1v) is 8.95. The van der Waals surface area contributed by atoms with Gasteiger partial charge in [-0.25, -0.2) is 0 Å². The Labute approximate surface area is 149 Å². The van der Waals surface area contributed by atoms with Gasteiger partial charge in [0.2, 0.25) is 0 Å². The van der Waals surface area contributed by atoms with E-state index in [0.717, 1.165) is 42.0 Å². The van der Waals surface area contributed by atoms with Crippen molar-refractivity contribution in [1.29, 1.82) is 0 Å². The molecule has 0 aliphatic carbocycles. The minimum atomic E-state index is -0.260. The van der Waals surface area contributed by atoms with E-state index >= 15 is 0 Å². The van der Waals surface area contributed by atoms with E-state index in [1.54, 1.807) is 7.11 Å². The van der Waals surface area contributed by atoms with Crippen LogP contribution in [0, 0.1) is 0 Å². The Balaban J connectivity index is 1.73. The number of carbonyl (C=O) groups is 1. The van der Waals surface area contributed by atoms with Gasteiger partial charge in [0.25, 0.3) is 5.91 Å². The summed E-state index contributed by atoms with van der Waals surface area (Å²) in [5.41, 5.74) is 2.76. The minimum Gasteiger partial charge on any atom is -0.497 e. The zero-order valence-electron chi connectivity index (χ0n) is 14.9. The molecule has 0 radical (unpaired) electrons. The molecule has 2 aromatic carbocycles. The number of nitrogens with zero attached hydrogens (tertiary/aromatic N) is 2. The van der Waals surface area contributed by atoms with Crippen LogP contribution in [0.1, 0.15) is 42.1 Å². The highest BCUT2D eigenvalue weighted by atomic mass is 16.5. The molecule has 1 saturated heterocycles. The summed E-state index contributed by atoms with van der Waals surface area (Å²) in [6.07, 6.45) is 3.33. The van der Waals surface area contributed by atoms with Gasteiger partial charge in [-0.05, 0) is 56.0 Å². The number of carbonyl (C=O) groups excluding carboxylic acids is 1. The maximum absolute atomic E-state index is 13.3. The molecule has 1 fully saturated rings. The summed E-state index contributed by atoms with van der Waals surface area (Å²) >= 11 is 0. The van der Waals surface area contributed by atoms with Crippen LogP contribution in [0.4, 0.5) is 5.69 Å². The van der Waals surface area contributed by atoms with Crippen LogP contribution in [-0.4, -0.2) is 30.1 Å². The summed E-state index contributed by atoms with van der Waals surface area (Å²) in [4.78, 5) is 17.8. The van der Waals surface area contributed by atoms with Crippen LogP contribution in [0.2, 0.25) is 0 Å². The third-order valence-corrected chi connectivity index (χ3v) is 5.62. The van der Waals surface area contributed by atoms with Crippen molar-refractivity contribution in [3.8, 4) is 5.75 Å². The monoisotopic (exact) mass is 336 g/mol. The highest BCUT2D eigenvalue weighted by Gasteiger charge is 2.47. The average molecular weight is 336 g/mol. The van der Waals surface area contributed by atoms with Crippen LogP contribution >= 0.6 is 0 Å². The van der Waals surface area contributed by atoms with Gasteiger partial charge in [0.1, 0.15) is 11.4 Å². The molecule has 2 heterocycles.